The van der Waals surface area contributed by atoms with Gasteiger partial charge in [0.05, 0.1) is 5.52 Å². The fourth-order valence-electron chi connectivity index (χ4n) is 1.49. The van der Waals surface area contributed by atoms with Gasteiger partial charge in [0.1, 0.15) is 0 Å². The summed E-state index contributed by atoms with van der Waals surface area (Å²) in [5.74, 6) is 0. The number of hydrogen-bond acceptors (Lipinski definition) is 1. The molecule has 0 spiro atoms. The summed E-state index contributed by atoms with van der Waals surface area (Å²) in [4.78, 5) is 4.35. The van der Waals surface area contributed by atoms with Crippen LogP contribution in [0.4, 0.5) is 0 Å². The third-order valence-corrected chi connectivity index (χ3v) is 2.85. The van der Waals surface area contributed by atoms with E-state index in [0.29, 0.717) is 0 Å². The lowest BCUT2D eigenvalue weighted by atomic mass is 10.1. The van der Waals surface area contributed by atoms with Crippen LogP contribution in [0.25, 0.3) is 10.9 Å². The van der Waals surface area contributed by atoms with E-state index < -0.39 is 0 Å². The molecule has 0 saturated carbocycles. The lowest BCUT2D eigenvalue weighted by molar-refractivity contribution is 1.15. The van der Waals surface area contributed by atoms with Gasteiger partial charge in [0, 0.05) is 15.2 Å². The van der Waals surface area contributed by atoms with Gasteiger partial charge in [-0.15, -0.1) is 0 Å². The van der Waals surface area contributed by atoms with Crippen molar-refractivity contribution < 1.29 is 0 Å². The van der Waals surface area contributed by atoms with E-state index >= 15 is 0 Å². The van der Waals surface area contributed by atoms with E-state index in [1.807, 2.05) is 6.20 Å². The average molecular weight is 283 g/mol. The minimum Gasteiger partial charge on any atom is -0.256 e. The number of aryl methyl sites for hydroxylation is 1. The van der Waals surface area contributed by atoms with Gasteiger partial charge in [0.25, 0.3) is 0 Å². The Hall–Kier alpha value is -0.640. The first-order valence-electron chi connectivity index (χ1n) is 4.34. The van der Waals surface area contributed by atoms with Gasteiger partial charge < -0.3 is 0 Å². The number of fused-ring (bicyclic) bond motifs is 1. The van der Waals surface area contributed by atoms with Crippen LogP contribution < -0.4 is 0 Å². The van der Waals surface area contributed by atoms with E-state index in [9.17, 15) is 0 Å². The Labute approximate surface area is 91.3 Å². The Bertz CT molecular complexity index is 437. The Kier molecular flexibility index (Phi) is 2.49. The van der Waals surface area contributed by atoms with E-state index in [-0.39, 0.29) is 0 Å². The normalized spacial score (nSPS) is 10.6. The van der Waals surface area contributed by atoms with Gasteiger partial charge in [0.15, 0.2) is 0 Å². The molecule has 2 heteroatoms. The molecular formula is C11H10IN. The maximum Gasteiger partial charge on any atom is 0.0715 e. The summed E-state index contributed by atoms with van der Waals surface area (Å²) in [6.07, 6.45) is 2.96. The van der Waals surface area contributed by atoms with Crippen LogP contribution in [0.3, 0.4) is 0 Å². The van der Waals surface area contributed by atoms with Crippen LogP contribution >= 0.6 is 22.6 Å². The zero-order valence-electron chi connectivity index (χ0n) is 7.42. The summed E-state index contributed by atoms with van der Waals surface area (Å²) in [6, 6.07) is 8.50. The molecule has 0 bridgehead atoms. The number of rotatable bonds is 1. The quantitative estimate of drug-likeness (QED) is 0.731. The molecule has 0 unspecified atom stereocenters. The lowest BCUT2D eigenvalue weighted by Gasteiger charge is -2.02. The highest BCUT2D eigenvalue weighted by molar-refractivity contribution is 14.1. The summed E-state index contributed by atoms with van der Waals surface area (Å²) in [5, 5.41) is 1.28. The second-order valence-electron chi connectivity index (χ2n) is 2.99. The Balaban J connectivity index is 2.77. The molecule has 1 nitrogen and oxygen atoms in total. The lowest BCUT2D eigenvalue weighted by Crippen LogP contribution is -1.86. The average Bonchev–Trinajstić information content (AvgIpc) is 2.16. The SMILES string of the molecule is CCc1ccnc2cc(I)ccc12. The van der Waals surface area contributed by atoms with Crippen molar-refractivity contribution in [1.29, 1.82) is 0 Å². The van der Waals surface area contributed by atoms with E-state index in [2.05, 4.69) is 58.8 Å². The number of halogens is 1. The van der Waals surface area contributed by atoms with Crippen molar-refractivity contribution in [3.05, 3.63) is 39.6 Å². The molecular weight excluding hydrogens is 273 g/mol. The van der Waals surface area contributed by atoms with Gasteiger partial charge in [-0.1, -0.05) is 13.0 Å². The van der Waals surface area contributed by atoms with Crippen molar-refractivity contribution in [1.82, 2.24) is 4.98 Å². The molecule has 66 valence electrons. The molecule has 0 N–H and O–H groups in total. The van der Waals surface area contributed by atoms with Gasteiger partial charge in [-0.05, 0) is 52.8 Å². The van der Waals surface area contributed by atoms with Gasteiger partial charge in [-0.2, -0.15) is 0 Å². The minimum absolute atomic E-state index is 1.07. The van der Waals surface area contributed by atoms with Crippen LogP contribution in [0.1, 0.15) is 12.5 Å². The highest BCUT2D eigenvalue weighted by Crippen LogP contribution is 2.19. The number of hydrogen-bond donors (Lipinski definition) is 0. The first-order valence-corrected chi connectivity index (χ1v) is 5.42. The largest absolute Gasteiger partial charge is 0.256 e. The molecule has 1 aromatic heterocycles. The molecule has 1 aromatic carbocycles. The van der Waals surface area contributed by atoms with E-state index in [1.54, 1.807) is 0 Å². The van der Waals surface area contributed by atoms with Crippen LogP contribution in [-0.2, 0) is 6.42 Å². The molecule has 2 rings (SSSR count). The summed E-state index contributed by atoms with van der Waals surface area (Å²) in [6.45, 7) is 2.17. The van der Waals surface area contributed by atoms with Crippen molar-refractivity contribution in [3.63, 3.8) is 0 Å². The highest BCUT2D eigenvalue weighted by atomic mass is 127. The smallest absolute Gasteiger partial charge is 0.0715 e. The third-order valence-electron chi connectivity index (χ3n) is 2.18. The van der Waals surface area contributed by atoms with Crippen molar-refractivity contribution in [2.45, 2.75) is 13.3 Å². The maximum absolute atomic E-state index is 4.35. The van der Waals surface area contributed by atoms with Crippen LogP contribution in [0.15, 0.2) is 30.5 Å². The number of nitrogens with zero attached hydrogens (tertiary/aromatic N) is 1. The second-order valence-corrected chi connectivity index (χ2v) is 4.23. The molecule has 2 aromatic rings. The third kappa shape index (κ3) is 1.68. The van der Waals surface area contributed by atoms with Crippen LogP contribution in [0, 0.1) is 3.57 Å². The zero-order chi connectivity index (χ0) is 9.26. The molecule has 1 heterocycles. The van der Waals surface area contributed by atoms with Gasteiger partial charge in [-0.3, -0.25) is 4.98 Å². The van der Waals surface area contributed by atoms with E-state index in [4.69, 9.17) is 0 Å². The molecule has 0 amide bonds. The predicted octanol–water partition coefficient (Wildman–Crippen LogP) is 3.40. The van der Waals surface area contributed by atoms with Crippen molar-refractivity contribution in [3.8, 4) is 0 Å². The Morgan fingerprint density at radius 3 is 2.92 bits per heavy atom. The Morgan fingerprint density at radius 1 is 1.31 bits per heavy atom. The van der Waals surface area contributed by atoms with Crippen molar-refractivity contribution >= 4 is 33.5 Å². The highest BCUT2D eigenvalue weighted by Gasteiger charge is 1.99. The van der Waals surface area contributed by atoms with E-state index in [0.717, 1.165) is 11.9 Å². The van der Waals surface area contributed by atoms with Crippen molar-refractivity contribution in [2.75, 3.05) is 0 Å². The van der Waals surface area contributed by atoms with Crippen molar-refractivity contribution in [2.24, 2.45) is 0 Å². The molecule has 0 aliphatic rings. The summed E-state index contributed by atoms with van der Waals surface area (Å²) in [7, 11) is 0. The summed E-state index contributed by atoms with van der Waals surface area (Å²) >= 11 is 2.31. The number of pyridine rings is 1. The van der Waals surface area contributed by atoms with Crippen LogP contribution in [-0.4, -0.2) is 4.98 Å². The van der Waals surface area contributed by atoms with Gasteiger partial charge in [0.2, 0.25) is 0 Å². The predicted molar refractivity (Wildman–Crippen MR) is 63.8 cm³/mol. The Morgan fingerprint density at radius 2 is 2.15 bits per heavy atom. The first-order chi connectivity index (χ1) is 6.31. The molecule has 13 heavy (non-hydrogen) atoms. The molecule has 0 saturated heterocycles. The monoisotopic (exact) mass is 283 g/mol. The fraction of sp³-hybridized carbons (Fsp3) is 0.182. The van der Waals surface area contributed by atoms with Gasteiger partial charge in [-0.25, -0.2) is 0 Å². The fourth-order valence-corrected chi connectivity index (χ4v) is 1.96. The zero-order valence-corrected chi connectivity index (χ0v) is 9.58. The number of aromatic nitrogens is 1. The standard InChI is InChI=1S/C11H10IN/c1-2-8-5-6-13-11-7-9(12)3-4-10(8)11/h3-7H,2H2,1H3. The van der Waals surface area contributed by atoms with Crippen LogP contribution in [0.2, 0.25) is 0 Å². The molecule has 0 aliphatic carbocycles. The number of benzene rings is 1. The van der Waals surface area contributed by atoms with E-state index in [1.165, 1.54) is 14.5 Å². The van der Waals surface area contributed by atoms with Crippen LogP contribution in [0.5, 0.6) is 0 Å². The van der Waals surface area contributed by atoms with Gasteiger partial charge >= 0.3 is 0 Å². The summed E-state index contributed by atoms with van der Waals surface area (Å²) < 4.78 is 1.24. The maximum atomic E-state index is 4.35. The first kappa shape index (κ1) is 8.94. The topological polar surface area (TPSA) is 12.9 Å². The molecule has 0 fully saturated rings. The second kappa shape index (κ2) is 3.62. The molecule has 0 aliphatic heterocycles. The molecule has 0 atom stereocenters. The molecule has 0 radical (unpaired) electrons. The minimum atomic E-state index is 1.07. The summed E-state index contributed by atoms with van der Waals surface area (Å²) in [5.41, 5.74) is 2.48.